The van der Waals surface area contributed by atoms with Gasteiger partial charge < -0.3 is 15.1 Å². The molecule has 2 aromatic carbocycles. The first-order valence-corrected chi connectivity index (χ1v) is 10.9. The highest BCUT2D eigenvalue weighted by molar-refractivity contribution is 5.94. The van der Waals surface area contributed by atoms with Gasteiger partial charge in [0.25, 0.3) is 5.91 Å². The van der Waals surface area contributed by atoms with Gasteiger partial charge in [0.2, 0.25) is 0 Å². The predicted molar refractivity (Wildman–Crippen MR) is 115 cm³/mol. The second-order valence-corrected chi connectivity index (χ2v) is 9.00. The summed E-state index contributed by atoms with van der Waals surface area (Å²) in [6.07, 6.45) is 1.54. The van der Waals surface area contributed by atoms with Gasteiger partial charge in [-0.05, 0) is 40.3 Å². The van der Waals surface area contributed by atoms with E-state index in [0.29, 0.717) is 11.5 Å². The molecule has 1 amide bonds. The van der Waals surface area contributed by atoms with Crippen molar-refractivity contribution in [3.63, 3.8) is 0 Å². The lowest BCUT2D eigenvalue weighted by atomic mass is 9.64. The number of fused-ring (bicyclic) bond motifs is 1. The summed E-state index contributed by atoms with van der Waals surface area (Å²) in [5, 5.41) is 14.7. The Kier molecular flexibility index (Phi) is 4.36. The van der Waals surface area contributed by atoms with E-state index in [1.54, 1.807) is 11.0 Å². The number of hydrogen-bond donors (Lipinski definition) is 1. The fourth-order valence-corrected chi connectivity index (χ4v) is 5.84. The Morgan fingerprint density at radius 2 is 1.68 bits per heavy atom. The molecule has 4 aliphatic heterocycles. The van der Waals surface area contributed by atoms with Gasteiger partial charge in [0.15, 0.2) is 0 Å². The molecule has 0 radical (unpaired) electrons. The Hall–Kier alpha value is -3.10. The van der Waals surface area contributed by atoms with Gasteiger partial charge >= 0.3 is 0 Å². The Morgan fingerprint density at radius 3 is 2.32 bits per heavy atom. The molecule has 0 aliphatic carbocycles. The van der Waals surface area contributed by atoms with Gasteiger partial charge in [0.1, 0.15) is 6.33 Å². The molecule has 3 atom stereocenters. The second kappa shape index (κ2) is 7.25. The molecule has 4 bridgehead atoms. The highest BCUT2D eigenvalue weighted by Gasteiger charge is 2.55. The molecule has 3 aromatic rings. The summed E-state index contributed by atoms with van der Waals surface area (Å²) < 4.78 is 1.58. The standard InChI is InChI=1S/C23H25N7O/c31-22(17-6-8-20(9-7-17)30-16-24-26-27-30)25-21-18-12-28-10-11-29(13-18)15-23(21,14-28)19-4-2-1-3-5-19/h1-9,16,18,21H,10-15H2,(H,25,31)/t18?,21-,23?/m1/s1. The highest BCUT2D eigenvalue weighted by Crippen LogP contribution is 2.43. The van der Waals surface area contributed by atoms with Crippen LogP contribution in [0.5, 0.6) is 0 Å². The van der Waals surface area contributed by atoms with Crippen LogP contribution in [0, 0.1) is 5.92 Å². The van der Waals surface area contributed by atoms with E-state index in [4.69, 9.17) is 0 Å². The number of piperidine rings is 2. The van der Waals surface area contributed by atoms with Gasteiger partial charge in [-0.3, -0.25) is 4.79 Å². The average Bonchev–Trinajstić information content (AvgIpc) is 3.23. The minimum Gasteiger partial charge on any atom is -0.348 e. The van der Waals surface area contributed by atoms with Crippen molar-refractivity contribution in [3.05, 3.63) is 72.1 Å². The molecular formula is C23H25N7O. The van der Waals surface area contributed by atoms with Crippen molar-refractivity contribution >= 4 is 5.91 Å². The lowest BCUT2D eigenvalue weighted by Gasteiger charge is -2.55. The van der Waals surface area contributed by atoms with Crippen molar-refractivity contribution in [3.8, 4) is 5.69 Å². The van der Waals surface area contributed by atoms with E-state index in [0.717, 1.165) is 45.0 Å². The largest absolute Gasteiger partial charge is 0.348 e. The molecule has 0 saturated carbocycles. The van der Waals surface area contributed by atoms with E-state index < -0.39 is 0 Å². The summed E-state index contributed by atoms with van der Waals surface area (Å²) in [6.45, 7) is 6.32. The van der Waals surface area contributed by atoms with E-state index in [1.807, 2.05) is 24.3 Å². The maximum Gasteiger partial charge on any atom is 0.251 e. The van der Waals surface area contributed by atoms with Crippen LogP contribution in [0.25, 0.3) is 5.69 Å². The first-order valence-electron chi connectivity index (χ1n) is 10.9. The molecule has 4 saturated heterocycles. The van der Waals surface area contributed by atoms with Crippen molar-refractivity contribution in [1.82, 2.24) is 35.3 Å². The van der Waals surface area contributed by atoms with Gasteiger partial charge in [-0.2, -0.15) is 0 Å². The predicted octanol–water partition coefficient (Wildman–Crippen LogP) is 0.960. The molecular weight excluding hydrogens is 390 g/mol. The van der Waals surface area contributed by atoms with Crippen molar-refractivity contribution in [1.29, 1.82) is 0 Å². The summed E-state index contributed by atoms with van der Waals surface area (Å²) in [4.78, 5) is 18.5. The molecule has 1 N–H and O–H groups in total. The number of carbonyl (C=O) groups is 1. The van der Waals surface area contributed by atoms with Crippen LogP contribution < -0.4 is 5.32 Å². The minimum atomic E-state index is -0.0824. The molecule has 2 unspecified atom stereocenters. The zero-order valence-corrected chi connectivity index (χ0v) is 17.3. The number of tetrazole rings is 1. The number of carbonyl (C=O) groups excluding carboxylic acids is 1. The monoisotopic (exact) mass is 415 g/mol. The number of nitrogens with one attached hydrogen (secondary N) is 1. The molecule has 7 rings (SSSR count). The zero-order chi connectivity index (χ0) is 20.8. The molecule has 31 heavy (non-hydrogen) atoms. The third kappa shape index (κ3) is 3.14. The smallest absolute Gasteiger partial charge is 0.251 e. The number of benzene rings is 2. The lowest BCUT2D eigenvalue weighted by molar-refractivity contribution is 0.0180. The normalized spacial score (nSPS) is 31.4. The number of aromatic nitrogens is 4. The number of nitrogens with zero attached hydrogens (tertiary/aromatic N) is 6. The van der Waals surface area contributed by atoms with E-state index in [2.05, 4.69) is 61.0 Å². The molecule has 1 aromatic heterocycles. The van der Waals surface area contributed by atoms with Crippen LogP contribution in [-0.2, 0) is 5.41 Å². The first-order chi connectivity index (χ1) is 15.2. The van der Waals surface area contributed by atoms with Crippen LogP contribution in [0.1, 0.15) is 15.9 Å². The summed E-state index contributed by atoms with van der Waals surface area (Å²) in [6, 6.07) is 18.3. The molecule has 158 valence electrons. The fourth-order valence-electron chi connectivity index (χ4n) is 5.84. The fraction of sp³-hybridized carbons (Fsp3) is 0.391. The summed E-state index contributed by atoms with van der Waals surface area (Å²) >= 11 is 0. The van der Waals surface area contributed by atoms with Crippen LogP contribution in [0.4, 0.5) is 0 Å². The molecule has 5 heterocycles. The average molecular weight is 416 g/mol. The second-order valence-electron chi connectivity index (χ2n) is 9.00. The van der Waals surface area contributed by atoms with Gasteiger partial charge in [0, 0.05) is 62.2 Å². The molecule has 8 nitrogen and oxygen atoms in total. The number of hydrogen-bond acceptors (Lipinski definition) is 6. The lowest BCUT2D eigenvalue weighted by Crippen LogP contribution is -2.70. The number of amides is 1. The third-order valence-corrected chi connectivity index (χ3v) is 7.17. The Bertz CT molecular complexity index is 1050. The van der Waals surface area contributed by atoms with Gasteiger partial charge in [-0.25, -0.2) is 4.68 Å². The zero-order valence-electron chi connectivity index (χ0n) is 17.3. The maximum absolute atomic E-state index is 13.3. The van der Waals surface area contributed by atoms with Crippen LogP contribution in [0.2, 0.25) is 0 Å². The maximum atomic E-state index is 13.3. The topological polar surface area (TPSA) is 79.2 Å². The highest BCUT2D eigenvalue weighted by atomic mass is 16.1. The van der Waals surface area contributed by atoms with Crippen LogP contribution in [0.15, 0.2) is 60.9 Å². The molecule has 8 heteroatoms. The summed E-state index contributed by atoms with van der Waals surface area (Å²) in [7, 11) is 0. The molecule has 4 fully saturated rings. The van der Waals surface area contributed by atoms with Gasteiger partial charge in [-0.15, -0.1) is 5.10 Å². The van der Waals surface area contributed by atoms with Gasteiger partial charge in [0.05, 0.1) is 5.69 Å². The quantitative estimate of drug-likeness (QED) is 0.684. The van der Waals surface area contributed by atoms with E-state index in [-0.39, 0.29) is 17.4 Å². The van der Waals surface area contributed by atoms with Crippen molar-refractivity contribution < 1.29 is 4.79 Å². The van der Waals surface area contributed by atoms with Crippen molar-refractivity contribution in [2.75, 3.05) is 39.3 Å². The summed E-state index contributed by atoms with van der Waals surface area (Å²) in [5.41, 5.74) is 2.73. The number of rotatable bonds is 4. The molecule has 4 aliphatic rings. The summed E-state index contributed by atoms with van der Waals surface area (Å²) in [5.74, 6) is 0.411. The van der Waals surface area contributed by atoms with Crippen LogP contribution in [-0.4, -0.2) is 81.2 Å². The van der Waals surface area contributed by atoms with Crippen molar-refractivity contribution in [2.45, 2.75) is 11.5 Å². The third-order valence-electron chi connectivity index (χ3n) is 7.17. The first kappa shape index (κ1) is 18.7. The van der Waals surface area contributed by atoms with E-state index in [9.17, 15) is 4.79 Å². The van der Waals surface area contributed by atoms with Crippen molar-refractivity contribution in [2.24, 2.45) is 5.92 Å². The van der Waals surface area contributed by atoms with E-state index >= 15 is 0 Å². The Labute approximate surface area is 180 Å². The molecule has 0 spiro atoms. The Balaban J connectivity index is 1.31. The van der Waals surface area contributed by atoms with E-state index in [1.165, 1.54) is 5.56 Å². The van der Waals surface area contributed by atoms with Crippen LogP contribution >= 0.6 is 0 Å². The van der Waals surface area contributed by atoms with Gasteiger partial charge in [-0.1, -0.05) is 30.3 Å². The SMILES string of the molecule is O=C(N[C@@H]1C2CN3CCN(C2)CC1(c1ccccc1)C3)c1ccc(-n2cnnn2)cc1. The minimum absolute atomic E-state index is 0.0141. The Morgan fingerprint density at radius 1 is 0.968 bits per heavy atom. The van der Waals surface area contributed by atoms with Crippen LogP contribution in [0.3, 0.4) is 0 Å².